The minimum absolute atomic E-state index is 0.158. The van der Waals surface area contributed by atoms with Gasteiger partial charge in [-0.05, 0) is 94.5 Å². The molecule has 4 aromatic heterocycles. The van der Waals surface area contributed by atoms with E-state index in [0.29, 0.717) is 50.7 Å². The number of morpholine rings is 1. The van der Waals surface area contributed by atoms with Crippen LogP contribution in [0.1, 0.15) is 63.8 Å². The molecular weight excluding hydrogens is 797 g/mol. The van der Waals surface area contributed by atoms with Gasteiger partial charge in [-0.1, -0.05) is 41.4 Å². The fourth-order valence-electron chi connectivity index (χ4n) is 9.14. The highest BCUT2D eigenvalue weighted by Gasteiger charge is 2.42. The van der Waals surface area contributed by atoms with Gasteiger partial charge >= 0.3 is 0 Å². The first-order valence-corrected chi connectivity index (χ1v) is 21.3. The summed E-state index contributed by atoms with van der Waals surface area (Å²) < 4.78 is 17.8. The lowest BCUT2D eigenvalue weighted by Gasteiger charge is -2.38. The topological polar surface area (TPSA) is 108 Å². The van der Waals surface area contributed by atoms with Gasteiger partial charge in [0.2, 0.25) is 0 Å². The quantitative estimate of drug-likeness (QED) is 0.0764. The first kappa shape index (κ1) is 40.2. The average Bonchev–Trinajstić information content (AvgIpc) is 3.91. The number of rotatable bonds is 10. The number of halogens is 2. The van der Waals surface area contributed by atoms with Crippen LogP contribution in [0.15, 0.2) is 61.1 Å². The van der Waals surface area contributed by atoms with Gasteiger partial charge < -0.3 is 18.6 Å². The summed E-state index contributed by atoms with van der Waals surface area (Å²) in [5, 5.41) is 7.19. The molecule has 6 heterocycles. The van der Waals surface area contributed by atoms with Gasteiger partial charge in [0.15, 0.2) is 5.82 Å². The molecule has 0 saturated carbocycles. The summed E-state index contributed by atoms with van der Waals surface area (Å²) in [6.45, 7) is 14.5. The molecule has 310 valence electrons. The summed E-state index contributed by atoms with van der Waals surface area (Å²) in [5.41, 5.74) is 10.1. The maximum Gasteiger partial charge on any atom is 0.276 e. The molecule has 0 N–H and O–H groups in total. The molecule has 3 aromatic carbocycles. The number of ether oxygens (including phenoxy) is 2. The van der Waals surface area contributed by atoms with Crippen LogP contribution in [0.25, 0.3) is 44.3 Å². The Labute approximate surface area is 359 Å². The average molecular weight is 847 g/mol. The van der Waals surface area contributed by atoms with Crippen molar-refractivity contribution in [3.63, 3.8) is 0 Å². The molecule has 12 nitrogen and oxygen atoms in total. The Hall–Kier alpha value is -5.27. The first-order chi connectivity index (χ1) is 28.9. The zero-order valence-corrected chi connectivity index (χ0v) is 36.6. The molecule has 1 unspecified atom stereocenters. The Morgan fingerprint density at radius 1 is 0.950 bits per heavy atom. The van der Waals surface area contributed by atoms with Crippen molar-refractivity contribution in [3.8, 4) is 28.3 Å². The zero-order valence-electron chi connectivity index (χ0n) is 35.1. The van der Waals surface area contributed by atoms with Crippen molar-refractivity contribution in [1.29, 1.82) is 0 Å². The van der Waals surface area contributed by atoms with Crippen molar-refractivity contribution in [2.75, 3.05) is 37.8 Å². The van der Waals surface area contributed by atoms with E-state index in [1.807, 2.05) is 63.0 Å². The third kappa shape index (κ3) is 7.02. The largest absolute Gasteiger partial charge is 0.494 e. The number of para-hydroxylation sites is 1. The van der Waals surface area contributed by atoms with Crippen LogP contribution in [0.5, 0.6) is 5.75 Å². The number of anilines is 1. The number of benzene rings is 3. The molecule has 60 heavy (non-hydrogen) atoms. The maximum absolute atomic E-state index is 15.5. The van der Waals surface area contributed by atoms with Crippen LogP contribution in [-0.4, -0.2) is 83.1 Å². The number of carbonyl (C=O) groups is 1. The maximum atomic E-state index is 15.5. The van der Waals surface area contributed by atoms with Gasteiger partial charge in [-0.3, -0.25) is 19.3 Å². The number of fused-ring (bicyclic) bond motifs is 4. The lowest BCUT2D eigenvalue weighted by molar-refractivity contribution is 0.0330. The molecule has 0 bridgehead atoms. The van der Waals surface area contributed by atoms with E-state index >= 15 is 4.79 Å². The summed E-state index contributed by atoms with van der Waals surface area (Å²) in [7, 11) is 3.84. The Bertz CT molecular complexity index is 2750. The summed E-state index contributed by atoms with van der Waals surface area (Å²) in [6, 6.07) is 16.1. The second-order valence-electron chi connectivity index (χ2n) is 16.2. The van der Waals surface area contributed by atoms with Crippen LogP contribution in [0, 0.1) is 27.7 Å². The van der Waals surface area contributed by atoms with Gasteiger partial charge in [0, 0.05) is 82.8 Å². The van der Waals surface area contributed by atoms with Crippen molar-refractivity contribution in [3.05, 3.63) is 106 Å². The van der Waals surface area contributed by atoms with Gasteiger partial charge in [-0.15, -0.1) is 0 Å². The highest BCUT2D eigenvalue weighted by Crippen LogP contribution is 2.46. The molecule has 9 rings (SSSR count). The molecule has 2 aliphatic heterocycles. The third-order valence-electron chi connectivity index (χ3n) is 12.0. The third-order valence-corrected chi connectivity index (χ3v) is 13.1. The van der Waals surface area contributed by atoms with Crippen LogP contribution < -0.4 is 9.64 Å². The molecule has 1 saturated heterocycles. The predicted octanol–water partition coefficient (Wildman–Crippen LogP) is 8.90. The standard InChI is InChI=1S/C46H49Cl2N9O3/c1-26-20-32(21-27(2)41(26)47)60-17-9-12-34-33-10-8-11-35(40-28(3)50-39(51-29(40)4)24-55-15-18-59-19-16-55)42(33)56-30(5)44(48)57(46(58)43(34)56)38-23-53(6)37-14-13-31(22-36(37)38)45-49-25-54(7)52-45/h8,10-11,13-14,20-23,25,30,44H,9,12,15-19,24H2,1-7H3/t30?,44-/m0/s1. The lowest BCUT2D eigenvalue weighted by Crippen LogP contribution is -2.47. The number of hydrogen-bond donors (Lipinski definition) is 0. The Kier molecular flexibility index (Phi) is 10.7. The molecule has 1 amide bonds. The van der Waals surface area contributed by atoms with Gasteiger partial charge in [0.25, 0.3) is 5.91 Å². The number of amides is 1. The number of aromatic nitrogens is 7. The number of alkyl halides is 1. The van der Waals surface area contributed by atoms with Gasteiger partial charge in [0.05, 0.1) is 43.6 Å². The molecule has 1 fully saturated rings. The molecule has 2 atom stereocenters. The fraction of sp³-hybridized carbons (Fsp3) is 0.370. The Morgan fingerprint density at radius 3 is 2.38 bits per heavy atom. The van der Waals surface area contributed by atoms with Crippen LogP contribution in [0.3, 0.4) is 0 Å². The molecule has 2 aliphatic rings. The first-order valence-electron chi connectivity index (χ1n) is 20.5. The molecule has 0 radical (unpaired) electrons. The van der Waals surface area contributed by atoms with Crippen molar-refractivity contribution in [1.82, 2.24) is 38.8 Å². The number of hydrogen-bond acceptors (Lipinski definition) is 8. The summed E-state index contributed by atoms with van der Waals surface area (Å²) in [4.78, 5) is 34.2. The number of nitrogens with zero attached hydrogens (tertiary/aromatic N) is 9. The van der Waals surface area contributed by atoms with E-state index in [4.69, 9.17) is 42.6 Å². The number of carbonyl (C=O) groups excluding carboxylic acids is 1. The summed E-state index contributed by atoms with van der Waals surface area (Å²) in [6.07, 6.45) is 4.96. The van der Waals surface area contributed by atoms with Crippen LogP contribution >= 0.6 is 23.2 Å². The number of aryl methyl sites for hydroxylation is 7. The van der Waals surface area contributed by atoms with Crippen molar-refractivity contribution < 1.29 is 14.3 Å². The minimum Gasteiger partial charge on any atom is -0.494 e. The van der Waals surface area contributed by atoms with Gasteiger partial charge in [-0.2, -0.15) is 5.10 Å². The minimum atomic E-state index is -0.710. The van der Waals surface area contributed by atoms with Crippen molar-refractivity contribution in [2.45, 2.75) is 65.5 Å². The zero-order chi connectivity index (χ0) is 42.0. The smallest absolute Gasteiger partial charge is 0.276 e. The van der Waals surface area contributed by atoms with Crippen LogP contribution in [-0.2, 0) is 31.8 Å². The predicted molar refractivity (Wildman–Crippen MR) is 237 cm³/mol. The van der Waals surface area contributed by atoms with Crippen molar-refractivity contribution in [2.24, 2.45) is 14.1 Å². The Morgan fingerprint density at radius 2 is 1.68 bits per heavy atom. The summed E-state index contributed by atoms with van der Waals surface area (Å²) in [5.74, 6) is 2.03. The van der Waals surface area contributed by atoms with Crippen LogP contribution in [0.2, 0.25) is 5.02 Å². The van der Waals surface area contributed by atoms with E-state index in [2.05, 4.69) is 64.6 Å². The van der Waals surface area contributed by atoms with E-state index in [9.17, 15) is 0 Å². The molecule has 0 aliphatic carbocycles. The lowest BCUT2D eigenvalue weighted by atomic mass is 9.97. The molecule has 0 spiro atoms. The second-order valence-corrected chi connectivity index (χ2v) is 17.0. The molecular formula is C46H49Cl2N9O3. The van der Waals surface area contributed by atoms with E-state index < -0.39 is 5.50 Å². The van der Waals surface area contributed by atoms with E-state index in [1.165, 1.54) is 0 Å². The van der Waals surface area contributed by atoms with Crippen LogP contribution in [0.4, 0.5) is 5.69 Å². The van der Waals surface area contributed by atoms with E-state index in [-0.39, 0.29) is 11.9 Å². The molecule has 14 heteroatoms. The highest BCUT2D eigenvalue weighted by atomic mass is 35.5. The molecule has 7 aromatic rings. The van der Waals surface area contributed by atoms with Crippen molar-refractivity contribution >= 4 is 56.6 Å². The Balaban J connectivity index is 1.16. The SMILES string of the molecule is Cc1cc(OCCCc2c3n(c4c(-c5c(C)nc(CN6CCOCC6)nc5C)cccc24)C(C)[C@@H](Cl)N(c2cn(C)c4ccc(-c5ncn(C)n5)cc24)C3=O)cc(C)c1Cl. The highest BCUT2D eigenvalue weighted by molar-refractivity contribution is 6.32. The monoisotopic (exact) mass is 845 g/mol. The summed E-state index contributed by atoms with van der Waals surface area (Å²) >= 11 is 14.0. The normalized spacial score (nSPS) is 17.3. The second kappa shape index (κ2) is 16.0. The van der Waals surface area contributed by atoms with E-state index in [1.54, 1.807) is 15.9 Å². The van der Waals surface area contributed by atoms with E-state index in [0.717, 1.165) is 102 Å². The van der Waals surface area contributed by atoms with Gasteiger partial charge in [0.1, 0.15) is 29.1 Å². The fourth-order valence-corrected chi connectivity index (χ4v) is 9.56. The van der Waals surface area contributed by atoms with Gasteiger partial charge in [-0.25, -0.2) is 15.0 Å².